The van der Waals surface area contributed by atoms with E-state index >= 15 is 0 Å². The zero-order valence-corrected chi connectivity index (χ0v) is 10.3. The molecule has 0 unspecified atom stereocenters. The number of unbranched alkanes of at least 4 members (excludes halogenated alkanes) is 2. The summed E-state index contributed by atoms with van der Waals surface area (Å²) >= 11 is 0. The van der Waals surface area contributed by atoms with Crippen LogP contribution in [0.15, 0.2) is 18.2 Å². The van der Waals surface area contributed by atoms with E-state index in [2.05, 4.69) is 44.3 Å². The van der Waals surface area contributed by atoms with Crippen LogP contribution in [-0.2, 0) is 6.54 Å². The lowest BCUT2D eigenvalue weighted by molar-refractivity contribution is 0.614. The van der Waals surface area contributed by atoms with E-state index in [1.54, 1.807) is 0 Å². The van der Waals surface area contributed by atoms with Crippen LogP contribution >= 0.6 is 0 Å². The summed E-state index contributed by atoms with van der Waals surface area (Å²) < 4.78 is 0. The van der Waals surface area contributed by atoms with E-state index in [1.807, 2.05) is 0 Å². The first-order chi connectivity index (χ1) is 7.25. The summed E-state index contributed by atoms with van der Waals surface area (Å²) in [5.74, 6) is 0. The summed E-state index contributed by atoms with van der Waals surface area (Å²) in [6.07, 6.45) is 3.92. The van der Waals surface area contributed by atoms with Gasteiger partial charge >= 0.3 is 0 Å². The predicted octanol–water partition coefficient (Wildman–Crippen LogP) is 3.58. The second kappa shape index (κ2) is 6.62. The molecular formula is C14H23N. The minimum atomic E-state index is 1.02. The molecule has 0 bridgehead atoms. The molecule has 1 aromatic carbocycles. The summed E-state index contributed by atoms with van der Waals surface area (Å²) in [6, 6.07) is 6.51. The summed E-state index contributed by atoms with van der Waals surface area (Å²) in [6.45, 7) is 8.78. The zero-order chi connectivity index (χ0) is 11.1. The van der Waals surface area contributed by atoms with Crippen LogP contribution in [0.4, 0.5) is 0 Å². The Bertz CT molecular complexity index is 271. The van der Waals surface area contributed by atoms with E-state index in [1.165, 1.54) is 36.0 Å². The fourth-order valence-corrected chi connectivity index (χ4v) is 1.84. The summed E-state index contributed by atoms with van der Waals surface area (Å²) in [4.78, 5) is 0. The van der Waals surface area contributed by atoms with Gasteiger partial charge in [-0.15, -0.1) is 0 Å². The molecule has 0 saturated heterocycles. The lowest BCUT2D eigenvalue weighted by Crippen LogP contribution is -2.16. The molecule has 0 aliphatic carbocycles. The first-order valence-corrected chi connectivity index (χ1v) is 6.01. The molecule has 0 amide bonds. The first kappa shape index (κ1) is 12.3. The third-order valence-electron chi connectivity index (χ3n) is 2.90. The standard InChI is InChI=1S/C14H23N/c1-4-5-6-10-15-11-14-12(2)8-7-9-13(14)3/h7-9,15H,4-6,10-11H2,1-3H3. The molecule has 0 heterocycles. The molecule has 0 aliphatic rings. The Morgan fingerprint density at radius 3 is 2.33 bits per heavy atom. The number of hydrogen-bond acceptors (Lipinski definition) is 1. The Kier molecular flexibility index (Phi) is 5.41. The Morgan fingerprint density at radius 2 is 1.73 bits per heavy atom. The molecule has 0 radical (unpaired) electrons. The highest BCUT2D eigenvalue weighted by molar-refractivity contribution is 5.33. The molecule has 1 N–H and O–H groups in total. The number of nitrogens with one attached hydrogen (secondary N) is 1. The van der Waals surface area contributed by atoms with E-state index in [4.69, 9.17) is 0 Å². The Balaban J connectivity index is 2.37. The van der Waals surface area contributed by atoms with Crippen molar-refractivity contribution in [2.24, 2.45) is 0 Å². The molecule has 0 saturated carbocycles. The van der Waals surface area contributed by atoms with Crippen molar-refractivity contribution in [2.45, 2.75) is 46.6 Å². The van der Waals surface area contributed by atoms with Crippen molar-refractivity contribution in [1.29, 1.82) is 0 Å². The minimum absolute atomic E-state index is 1.02. The normalized spacial score (nSPS) is 10.6. The van der Waals surface area contributed by atoms with Crippen molar-refractivity contribution < 1.29 is 0 Å². The van der Waals surface area contributed by atoms with Gasteiger partial charge in [0.2, 0.25) is 0 Å². The minimum Gasteiger partial charge on any atom is -0.313 e. The topological polar surface area (TPSA) is 12.0 Å². The van der Waals surface area contributed by atoms with Crippen molar-refractivity contribution in [2.75, 3.05) is 6.54 Å². The average Bonchev–Trinajstić information content (AvgIpc) is 2.21. The summed E-state index contributed by atoms with van der Waals surface area (Å²) in [5, 5.41) is 3.52. The average molecular weight is 205 g/mol. The smallest absolute Gasteiger partial charge is 0.0210 e. The van der Waals surface area contributed by atoms with E-state index in [-0.39, 0.29) is 0 Å². The monoisotopic (exact) mass is 205 g/mol. The van der Waals surface area contributed by atoms with Gasteiger partial charge in [-0.2, -0.15) is 0 Å². The van der Waals surface area contributed by atoms with Crippen molar-refractivity contribution in [3.63, 3.8) is 0 Å². The van der Waals surface area contributed by atoms with Crippen molar-refractivity contribution in [3.05, 3.63) is 34.9 Å². The van der Waals surface area contributed by atoms with Gasteiger partial charge in [-0.05, 0) is 43.5 Å². The van der Waals surface area contributed by atoms with Gasteiger partial charge in [0.1, 0.15) is 0 Å². The van der Waals surface area contributed by atoms with Crippen LogP contribution in [0.1, 0.15) is 42.9 Å². The molecule has 1 aromatic rings. The highest BCUT2D eigenvalue weighted by atomic mass is 14.8. The van der Waals surface area contributed by atoms with E-state index < -0.39 is 0 Å². The highest BCUT2D eigenvalue weighted by Gasteiger charge is 2.00. The van der Waals surface area contributed by atoms with Crippen LogP contribution in [0.5, 0.6) is 0 Å². The second-order valence-corrected chi connectivity index (χ2v) is 4.25. The van der Waals surface area contributed by atoms with Gasteiger partial charge in [0.25, 0.3) is 0 Å². The lowest BCUT2D eigenvalue weighted by atomic mass is 10.0. The van der Waals surface area contributed by atoms with Crippen LogP contribution < -0.4 is 5.32 Å². The fraction of sp³-hybridized carbons (Fsp3) is 0.571. The maximum atomic E-state index is 3.52. The van der Waals surface area contributed by atoms with Gasteiger partial charge in [-0.25, -0.2) is 0 Å². The number of aryl methyl sites for hydroxylation is 2. The second-order valence-electron chi connectivity index (χ2n) is 4.25. The maximum absolute atomic E-state index is 3.52. The molecule has 0 spiro atoms. The fourth-order valence-electron chi connectivity index (χ4n) is 1.84. The third-order valence-corrected chi connectivity index (χ3v) is 2.90. The molecule has 0 aliphatic heterocycles. The van der Waals surface area contributed by atoms with Gasteiger partial charge in [-0.1, -0.05) is 38.0 Å². The van der Waals surface area contributed by atoms with Gasteiger partial charge in [0.15, 0.2) is 0 Å². The first-order valence-electron chi connectivity index (χ1n) is 6.01. The largest absolute Gasteiger partial charge is 0.313 e. The van der Waals surface area contributed by atoms with Crippen LogP contribution in [0.25, 0.3) is 0 Å². The van der Waals surface area contributed by atoms with Crippen LogP contribution in [-0.4, -0.2) is 6.54 Å². The molecule has 0 atom stereocenters. The van der Waals surface area contributed by atoms with Crippen molar-refractivity contribution >= 4 is 0 Å². The quantitative estimate of drug-likeness (QED) is 0.700. The van der Waals surface area contributed by atoms with Gasteiger partial charge in [0.05, 0.1) is 0 Å². The molecule has 15 heavy (non-hydrogen) atoms. The van der Waals surface area contributed by atoms with Gasteiger partial charge in [-0.3, -0.25) is 0 Å². The third kappa shape index (κ3) is 4.05. The van der Waals surface area contributed by atoms with Crippen molar-refractivity contribution in [1.82, 2.24) is 5.32 Å². The highest BCUT2D eigenvalue weighted by Crippen LogP contribution is 2.12. The Hall–Kier alpha value is -0.820. The predicted molar refractivity (Wildman–Crippen MR) is 67.1 cm³/mol. The number of hydrogen-bond donors (Lipinski definition) is 1. The van der Waals surface area contributed by atoms with Crippen LogP contribution in [0, 0.1) is 13.8 Å². The SMILES string of the molecule is CCCCCNCc1c(C)cccc1C. The van der Waals surface area contributed by atoms with E-state index in [9.17, 15) is 0 Å². The molecule has 1 heteroatoms. The van der Waals surface area contributed by atoms with Crippen molar-refractivity contribution in [3.8, 4) is 0 Å². The van der Waals surface area contributed by atoms with E-state index in [0.717, 1.165) is 13.1 Å². The zero-order valence-electron chi connectivity index (χ0n) is 10.3. The molecule has 1 nitrogen and oxygen atoms in total. The van der Waals surface area contributed by atoms with Gasteiger partial charge < -0.3 is 5.32 Å². The Labute approximate surface area is 93.9 Å². The van der Waals surface area contributed by atoms with E-state index in [0.29, 0.717) is 0 Å². The maximum Gasteiger partial charge on any atom is 0.0210 e. The molecular weight excluding hydrogens is 182 g/mol. The number of rotatable bonds is 6. The summed E-state index contributed by atoms with van der Waals surface area (Å²) in [5.41, 5.74) is 4.27. The lowest BCUT2D eigenvalue weighted by Gasteiger charge is -2.10. The van der Waals surface area contributed by atoms with Crippen LogP contribution in [0.3, 0.4) is 0 Å². The number of benzene rings is 1. The van der Waals surface area contributed by atoms with Crippen LogP contribution in [0.2, 0.25) is 0 Å². The molecule has 0 fully saturated rings. The molecule has 0 aromatic heterocycles. The summed E-state index contributed by atoms with van der Waals surface area (Å²) in [7, 11) is 0. The Morgan fingerprint density at radius 1 is 1.07 bits per heavy atom. The van der Waals surface area contributed by atoms with Gasteiger partial charge in [0, 0.05) is 6.54 Å². The molecule has 1 rings (SSSR count). The molecule has 84 valence electrons.